The minimum absolute atomic E-state index is 0.123. The third kappa shape index (κ3) is 3.20. The highest BCUT2D eigenvalue weighted by Crippen LogP contribution is 2.31. The largest absolute Gasteiger partial charge is 0.292 e. The van der Waals surface area contributed by atoms with Crippen LogP contribution in [0.2, 0.25) is 5.02 Å². The Bertz CT molecular complexity index is 1180. The summed E-state index contributed by atoms with van der Waals surface area (Å²) in [5, 5.41) is 3.07. The monoisotopic (exact) mass is 394 g/mol. The highest BCUT2D eigenvalue weighted by Gasteiger charge is 2.21. The van der Waals surface area contributed by atoms with Crippen LogP contribution in [-0.4, -0.2) is 15.3 Å². The van der Waals surface area contributed by atoms with Gasteiger partial charge in [-0.2, -0.15) is 0 Å². The van der Waals surface area contributed by atoms with Crippen molar-refractivity contribution in [3.05, 3.63) is 87.2 Å². The molecule has 27 heavy (non-hydrogen) atoms. The fraction of sp³-hybridized carbons (Fsp3) is 0.0952. The maximum Gasteiger partial charge on any atom is 0.263 e. The van der Waals surface area contributed by atoms with Crippen molar-refractivity contribution in [2.75, 3.05) is 0 Å². The van der Waals surface area contributed by atoms with Crippen LogP contribution < -0.4 is 5.56 Å². The van der Waals surface area contributed by atoms with Gasteiger partial charge in [0.05, 0.1) is 17.8 Å². The Labute approximate surface area is 164 Å². The normalized spacial score (nSPS) is 12.2. The maximum absolute atomic E-state index is 13.2. The van der Waals surface area contributed by atoms with Crippen LogP contribution in [-0.2, 0) is 0 Å². The van der Waals surface area contributed by atoms with E-state index in [9.17, 15) is 9.59 Å². The topological polar surface area (TPSA) is 52.0 Å². The molecule has 4 aromatic rings. The summed E-state index contributed by atoms with van der Waals surface area (Å²) in [6.45, 7) is 1.72. The molecule has 0 amide bonds. The lowest BCUT2D eigenvalue weighted by atomic mass is 10.0. The molecule has 0 spiro atoms. The van der Waals surface area contributed by atoms with Crippen molar-refractivity contribution in [2.24, 2.45) is 0 Å². The van der Waals surface area contributed by atoms with E-state index < -0.39 is 6.04 Å². The number of Topliss-reactive ketones (excluding diaryl/α,β-unsaturated/α-hetero) is 1. The molecule has 0 aliphatic heterocycles. The lowest BCUT2D eigenvalue weighted by molar-refractivity contribution is 0.0932. The molecule has 0 aliphatic rings. The molecule has 0 unspecified atom stereocenters. The van der Waals surface area contributed by atoms with Crippen molar-refractivity contribution in [1.29, 1.82) is 0 Å². The minimum Gasteiger partial charge on any atom is -0.292 e. The smallest absolute Gasteiger partial charge is 0.263 e. The van der Waals surface area contributed by atoms with Crippen LogP contribution in [0.25, 0.3) is 21.3 Å². The van der Waals surface area contributed by atoms with E-state index in [2.05, 4.69) is 4.98 Å². The average Bonchev–Trinajstić information content (AvgIpc) is 3.13. The highest BCUT2D eigenvalue weighted by molar-refractivity contribution is 7.17. The predicted molar refractivity (Wildman–Crippen MR) is 110 cm³/mol. The molecular weight excluding hydrogens is 380 g/mol. The van der Waals surface area contributed by atoms with Crippen LogP contribution in [0.4, 0.5) is 0 Å². The van der Waals surface area contributed by atoms with Gasteiger partial charge in [-0.3, -0.25) is 14.2 Å². The second-order valence-electron chi connectivity index (χ2n) is 6.20. The molecule has 0 saturated heterocycles. The molecule has 0 bridgehead atoms. The Morgan fingerprint density at radius 1 is 1.11 bits per heavy atom. The van der Waals surface area contributed by atoms with E-state index >= 15 is 0 Å². The van der Waals surface area contributed by atoms with Crippen LogP contribution in [0, 0.1) is 0 Å². The van der Waals surface area contributed by atoms with Gasteiger partial charge in [0.15, 0.2) is 5.78 Å². The van der Waals surface area contributed by atoms with Gasteiger partial charge >= 0.3 is 0 Å². The summed E-state index contributed by atoms with van der Waals surface area (Å²) in [5.41, 5.74) is 2.05. The second-order valence-corrected chi connectivity index (χ2v) is 7.49. The molecule has 0 N–H and O–H groups in total. The first-order valence-corrected chi connectivity index (χ1v) is 9.65. The number of hydrogen-bond acceptors (Lipinski definition) is 4. The van der Waals surface area contributed by atoms with Gasteiger partial charge in [-0.25, -0.2) is 4.98 Å². The van der Waals surface area contributed by atoms with Gasteiger partial charge in [0.1, 0.15) is 4.83 Å². The third-order valence-corrected chi connectivity index (χ3v) is 5.67. The first-order chi connectivity index (χ1) is 13.1. The Balaban J connectivity index is 1.82. The molecule has 2 heterocycles. The molecule has 0 fully saturated rings. The number of aromatic nitrogens is 2. The van der Waals surface area contributed by atoms with Crippen LogP contribution in [0.1, 0.15) is 23.3 Å². The Hall–Kier alpha value is -2.76. The summed E-state index contributed by atoms with van der Waals surface area (Å²) in [4.78, 5) is 31.0. The number of carbonyl (C=O) groups excluding carboxylic acids is 1. The molecule has 2 aromatic carbocycles. The molecule has 4 nitrogen and oxygen atoms in total. The molecule has 0 aliphatic carbocycles. The number of halogens is 1. The van der Waals surface area contributed by atoms with Crippen LogP contribution in [0.15, 0.2) is 71.1 Å². The number of rotatable bonds is 4. The van der Waals surface area contributed by atoms with E-state index in [1.807, 2.05) is 35.7 Å². The predicted octanol–water partition coefficient (Wildman–Crippen LogP) is 5.22. The van der Waals surface area contributed by atoms with Gasteiger partial charge in [-0.05, 0) is 24.6 Å². The van der Waals surface area contributed by atoms with E-state index in [0.717, 1.165) is 11.1 Å². The number of thiophene rings is 1. The number of ketones is 1. The minimum atomic E-state index is -0.644. The van der Waals surface area contributed by atoms with Crippen LogP contribution in [0.3, 0.4) is 0 Å². The van der Waals surface area contributed by atoms with E-state index in [0.29, 0.717) is 20.8 Å². The number of carbonyl (C=O) groups is 1. The first-order valence-electron chi connectivity index (χ1n) is 8.40. The zero-order valence-corrected chi connectivity index (χ0v) is 16.0. The second kappa shape index (κ2) is 7.10. The summed E-state index contributed by atoms with van der Waals surface area (Å²) in [6, 6.07) is 15.6. The van der Waals surface area contributed by atoms with Crippen molar-refractivity contribution in [2.45, 2.75) is 13.0 Å². The van der Waals surface area contributed by atoms with Gasteiger partial charge in [-0.1, -0.05) is 54.1 Å². The summed E-state index contributed by atoms with van der Waals surface area (Å²) in [5.74, 6) is -0.123. The Kier molecular flexibility index (Phi) is 4.64. The molecule has 1 atom stereocenters. The lowest BCUT2D eigenvalue weighted by Gasteiger charge is -2.14. The molecule has 0 saturated carbocycles. The van der Waals surface area contributed by atoms with E-state index in [4.69, 9.17) is 11.6 Å². The van der Waals surface area contributed by atoms with Gasteiger partial charge in [0.2, 0.25) is 0 Å². The Morgan fingerprint density at radius 3 is 2.52 bits per heavy atom. The molecule has 4 rings (SSSR count). The average molecular weight is 395 g/mol. The first kappa shape index (κ1) is 17.6. The number of nitrogens with zero attached hydrogens (tertiary/aromatic N) is 2. The summed E-state index contributed by atoms with van der Waals surface area (Å²) in [7, 11) is 0. The fourth-order valence-electron chi connectivity index (χ4n) is 3.03. The van der Waals surface area contributed by atoms with Crippen LogP contribution in [0.5, 0.6) is 0 Å². The highest BCUT2D eigenvalue weighted by atomic mass is 35.5. The lowest BCUT2D eigenvalue weighted by Crippen LogP contribution is -2.28. The zero-order valence-electron chi connectivity index (χ0n) is 14.4. The Morgan fingerprint density at radius 2 is 1.81 bits per heavy atom. The van der Waals surface area contributed by atoms with Crippen molar-refractivity contribution in [1.82, 2.24) is 9.55 Å². The molecular formula is C21H15ClN2O2S. The zero-order chi connectivity index (χ0) is 19.0. The summed E-state index contributed by atoms with van der Waals surface area (Å²) >= 11 is 7.38. The summed E-state index contributed by atoms with van der Waals surface area (Å²) < 4.78 is 1.41. The number of benzene rings is 2. The van der Waals surface area contributed by atoms with Gasteiger partial charge in [-0.15, -0.1) is 11.3 Å². The SMILES string of the molecule is C[C@@H](C(=O)c1ccccc1)n1cnc2scc(-c3ccc(Cl)cc3)c2c1=O. The molecule has 2 aromatic heterocycles. The quantitative estimate of drug-likeness (QED) is 0.446. The van der Waals surface area contributed by atoms with E-state index in [1.165, 1.54) is 22.2 Å². The van der Waals surface area contributed by atoms with Crippen molar-refractivity contribution >= 4 is 38.9 Å². The standard InChI is InChI=1S/C21H15ClN2O2S/c1-13(19(25)15-5-3-2-4-6-15)24-12-23-20-18(21(24)26)17(11-27-20)14-7-9-16(22)10-8-14/h2-13H,1H3/t13-/m0/s1. The summed E-state index contributed by atoms with van der Waals surface area (Å²) in [6.07, 6.45) is 1.46. The number of hydrogen-bond donors (Lipinski definition) is 0. The van der Waals surface area contributed by atoms with E-state index in [-0.39, 0.29) is 11.3 Å². The van der Waals surface area contributed by atoms with Gasteiger partial charge in [0, 0.05) is 21.5 Å². The van der Waals surface area contributed by atoms with Crippen molar-refractivity contribution < 1.29 is 4.79 Å². The van der Waals surface area contributed by atoms with Crippen molar-refractivity contribution in [3.8, 4) is 11.1 Å². The molecule has 134 valence electrons. The van der Waals surface area contributed by atoms with Gasteiger partial charge < -0.3 is 0 Å². The van der Waals surface area contributed by atoms with Crippen LogP contribution >= 0.6 is 22.9 Å². The third-order valence-electron chi connectivity index (χ3n) is 4.53. The number of fused-ring (bicyclic) bond motifs is 1. The van der Waals surface area contributed by atoms with Crippen molar-refractivity contribution in [3.63, 3.8) is 0 Å². The molecule has 6 heteroatoms. The fourth-order valence-corrected chi connectivity index (χ4v) is 4.07. The van der Waals surface area contributed by atoms with E-state index in [1.54, 1.807) is 31.2 Å². The van der Waals surface area contributed by atoms with Gasteiger partial charge in [0.25, 0.3) is 5.56 Å². The maximum atomic E-state index is 13.2. The molecule has 0 radical (unpaired) electrons.